The summed E-state index contributed by atoms with van der Waals surface area (Å²) in [5.41, 5.74) is 1.14. The van der Waals surface area contributed by atoms with Crippen LogP contribution in [0, 0.1) is 5.82 Å². The predicted molar refractivity (Wildman–Crippen MR) is 102 cm³/mol. The Morgan fingerprint density at radius 2 is 1.85 bits per heavy atom. The minimum Gasteiger partial charge on any atom is -0.380 e. The number of benzene rings is 2. The minimum atomic E-state index is -4.07. The largest absolute Gasteiger partial charge is 0.380 e. The third kappa shape index (κ3) is 5.25. The van der Waals surface area contributed by atoms with Crippen LogP contribution in [-0.4, -0.2) is 46.4 Å². The minimum absolute atomic E-state index is 0.200. The van der Waals surface area contributed by atoms with E-state index in [-0.39, 0.29) is 5.69 Å². The number of amides is 1. The highest BCUT2D eigenvalue weighted by Crippen LogP contribution is 2.23. The van der Waals surface area contributed by atoms with Crippen LogP contribution in [0.15, 0.2) is 48.5 Å². The molecule has 9 heteroatoms. The van der Waals surface area contributed by atoms with Crippen LogP contribution in [0.2, 0.25) is 0 Å². The number of anilines is 2. The second-order valence-corrected chi connectivity index (χ2v) is 8.00. The Balaban J connectivity index is 2.26. The van der Waals surface area contributed by atoms with Crippen molar-refractivity contribution in [2.45, 2.75) is 6.61 Å². The monoisotopic (exact) mass is 395 g/mol. The SMILES string of the molecule is COCc1cccc(NC(=O)CN(c2ccccc2F)S(=O)(=O)N(C)C)c1. The number of rotatable bonds is 8. The van der Waals surface area contributed by atoms with Gasteiger partial charge in [0, 0.05) is 26.9 Å². The van der Waals surface area contributed by atoms with Crippen molar-refractivity contribution < 1.29 is 22.3 Å². The molecule has 0 spiro atoms. The number of hydrogen-bond acceptors (Lipinski definition) is 4. The first kappa shape index (κ1) is 20.8. The molecule has 0 aliphatic carbocycles. The molecule has 0 aliphatic rings. The Morgan fingerprint density at radius 3 is 2.48 bits per heavy atom. The van der Waals surface area contributed by atoms with Crippen molar-refractivity contribution in [2.75, 3.05) is 37.4 Å². The number of carbonyl (C=O) groups is 1. The summed E-state index contributed by atoms with van der Waals surface area (Å²) in [6.07, 6.45) is 0. The molecule has 0 fully saturated rings. The van der Waals surface area contributed by atoms with E-state index in [1.807, 2.05) is 6.07 Å². The third-order valence-corrected chi connectivity index (χ3v) is 5.48. The maximum Gasteiger partial charge on any atom is 0.304 e. The number of halogens is 1. The van der Waals surface area contributed by atoms with Crippen LogP contribution in [0.5, 0.6) is 0 Å². The van der Waals surface area contributed by atoms with E-state index in [0.717, 1.165) is 20.2 Å². The average Bonchev–Trinajstić information content (AvgIpc) is 2.61. The highest BCUT2D eigenvalue weighted by atomic mass is 32.2. The fourth-order valence-corrected chi connectivity index (χ4v) is 3.45. The van der Waals surface area contributed by atoms with Crippen molar-refractivity contribution in [1.29, 1.82) is 0 Å². The first-order valence-electron chi connectivity index (χ1n) is 8.08. The van der Waals surface area contributed by atoms with Crippen LogP contribution in [0.25, 0.3) is 0 Å². The maximum absolute atomic E-state index is 14.2. The van der Waals surface area contributed by atoms with Crippen molar-refractivity contribution in [2.24, 2.45) is 0 Å². The standard InChI is InChI=1S/C18H22FN3O4S/c1-21(2)27(24,25)22(17-10-5-4-9-16(17)19)12-18(23)20-15-8-6-7-14(11-15)13-26-3/h4-11H,12-13H2,1-3H3,(H,20,23). The Hall–Kier alpha value is -2.49. The van der Waals surface area contributed by atoms with Crippen LogP contribution in [0.3, 0.4) is 0 Å². The van der Waals surface area contributed by atoms with Gasteiger partial charge in [-0.2, -0.15) is 12.7 Å². The third-order valence-electron chi connectivity index (χ3n) is 3.67. The summed E-state index contributed by atoms with van der Waals surface area (Å²) in [7, 11) is 0.116. The van der Waals surface area contributed by atoms with E-state index in [9.17, 15) is 17.6 Å². The highest BCUT2D eigenvalue weighted by Gasteiger charge is 2.29. The number of nitrogens with one attached hydrogen (secondary N) is 1. The van der Waals surface area contributed by atoms with Gasteiger partial charge < -0.3 is 10.1 Å². The van der Waals surface area contributed by atoms with Crippen LogP contribution < -0.4 is 9.62 Å². The van der Waals surface area contributed by atoms with Gasteiger partial charge in [-0.1, -0.05) is 24.3 Å². The molecule has 0 saturated carbocycles. The first-order valence-corrected chi connectivity index (χ1v) is 9.48. The summed E-state index contributed by atoms with van der Waals surface area (Å²) in [6, 6.07) is 12.4. The van der Waals surface area contributed by atoms with Crippen molar-refractivity contribution in [3.05, 3.63) is 59.9 Å². The molecule has 1 amide bonds. The van der Waals surface area contributed by atoms with Gasteiger partial charge in [0.1, 0.15) is 12.4 Å². The number of nitrogens with zero attached hydrogens (tertiary/aromatic N) is 2. The molecule has 7 nitrogen and oxygen atoms in total. The fourth-order valence-electron chi connectivity index (χ4n) is 2.38. The van der Waals surface area contributed by atoms with E-state index in [0.29, 0.717) is 12.3 Å². The Bertz CT molecular complexity index is 903. The topological polar surface area (TPSA) is 79.0 Å². The smallest absolute Gasteiger partial charge is 0.304 e. The zero-order valence-electron chi connectivity index (χ0n) is 15.3. The number of methoxy groups -OCH3 is 1. The molecule has 0 aliphatic heterocycles. The van der Waals surface area contributed by atoms with Crippen LogP contribution in [0.1, 0.15) is 5.56 Å². The van der Waals surface area contributed by atoms with Gasteiger partial charge >= 0.3 is 10.2 Å². The molecule has 27 heavy (non-hydrogen) atoms. The van der Waals surface area contributed by atoms with Crippen molar-refractivity contribution in [3.8, 4) is 0 Å². The van der Waals surface area contributed by atoms with Crippen molar-refractivity contribution in [3.63, 3.8) is 0 Å². The molecule has 0 heterocycles. The second-order valence-electron chi connectivity index (χ2n) is 5.93. The molecule has 2 aromatic carbocycles. The molecule has 0 aromatic heterocycles. The first-order chi connectivity index (χ1) is 12.8. The molecular formula is C18H22FN3O4S. The van der Waals surface area contributed by atoms with Crippen LogP contribution >= 0.6 is 0 Å². The van der Waals surface area contributed by atoms with E-state index >= 15 is 0 Å². The van der Waals surface area contributed by atoms with E-state index in [1.165, 1.54) is 32.3 Å². The molecule has 2 rings (SSSR count). The Morgan fingerprint density at radius 1 is 1.15 bits per heavy atom. The molecule has 0 bridgehead atoms. The van der Waals surface area contributed by atoms with Gasteiger partial charge in [-0.3, -0.25) is 4.79 Å². The number of hydrogen-bond donors (Lipinski definition) is 1. The molecule has 0 unspecified atom stereocenters. The highest BCUT2D eigenvalue weighted by molar-refractivity contribution is 7.90. The molecular weight excluding hydrogens is 373 g/mol. The number of para-hydroxylation sites is 1. The summed E-state index contributed by atoms with van der Waals surface area (Å²) >= 11 is 0. The van der Waals surface area contributed by atoms with Gasteiger partial charge in [0.2, 0.25) is 5.91 Å². The Labute approximate surface area is 158 Å². The van der Waals surface area contributed by atoms with Crippen LogP contribution in [-0.2, 0) is 26.3 Å². The van der Waals surface area contributed by atoms with Gasteiger partial charge in [-0.05, 0) is 29.8 Å². The lowest BCUT2D eigenvalue weighted by molar-refractivity contribution is -0.114. The van der Waals surface area contributed by atoms with E-state index in [4.69, 9.17) is 4.74 Å². The lowest BCUT2D eigenvalue weighted by atomic mass is 10.2. The number of carbonyl (C=O) groups excluding carboxylic acids is 1. The molecule has 1 N–H and O–H groups in total. The normalized spacial score (nSPS) is 11.4. The molecule has 0 radical (unpaired) electrons. The summed E-state index contributed by atoms with van der Waals surface area (Å²) in [5, 5.41) is 2.63. The summed E-state index contributed by atoms with van der Waals surface area (Å²) in [6.45, 7) is -0.198. The van der Waals surface area contributed by atoms with E-state index in [1.54, 1.807) is 25.3 Å². The van der Waals surface area contributed by atoms with Gasteiger partial charge in [0.05, 0.1) is 12.3 Å². The van der Waals surface area contributed by atoms with Crippen molar-refractivity contribution >= 4 is 27.5 Å². The quantitative estimate of drug-likeness (QED) is 0.743. The van der Waals surface area contributed by atoms with Gasteiger partial charge in [-0.25, -0.2) is 8.70 Å². The molecule has 0 saturated heterocycles. The maximum atomic E-state index is 14.2. The summed E-state index contributed by atoms with van der Waals surface area (Å²) < 4.78 is 46.1. The van der Waals surface area contributed by atoms with Gasteiger partial charge in [0.15, 0.2) is 0 Å². The van der Waals surface area contributed by atoms with Crippen LogP contribution in [0.4, 0.5) is 15.8 Å². The van der Waals surface area contributed by atoms with E-state index in [2.05, 4.69) is 5.32 Å². The zero-order valence-corrected chi connectivity index (χ0v) is 16.2. The van der Waals surface area contributed by atoms with Gasteiger partial charge in [0.25, 0.3) is 0 Å². The molecule has 2 aromatic rings. The molecule has 0 atom stereocenters. The fraction of sp³-hybridized carbons (Fsp3) is 0.278. The van der Waals surface area contributed by atoms with Crippen molar-refractivity contribution in [1.82, 2.24) is 4.31 Å². The lowest BCUT2D eigenvalue weighted by Gasteiger charge is -2.27. The molecule has 146 valence electrons. The predicted octanol–water partition coefficient (Wildman–Crippen LogP) is 2.22. The summed E-state index contributed by atoms with van der Waals surface area (Å²) in [4.78, 5) is 12.5. The Kier molecular flexibility index (Phi) is 6.89. The number of ether oxygens (including phenoxy) is 1. The zero-order chi connectivity index (χ0) is 20.0. The van der Waals surface area contributed by atoms with Gasteiger partial charge in [-0.15, -0.1) is 0 Å². The lowest BCUT2D eigenvalue weighted by Crippen LogP contribution is -2.44. The van der Waals surface area contributed by atoms with E-state index < -0.39 is 28.5 Å². The average molecular weight is 395 g/mol. The second kappa shape index (κ2) is 8.94. The summed E-state index contributed by atoms with van der Waals surface area (Å²) in [5.74, 6) is -1.34.